The van der Waals surface area contributed by atoms with Crippen LogP contribution in [0.25, 0.3) is 0 Å². The summed E-state index contributed by atoms with van der Waals surface area (Å²) in [6.07, 6.45) is 0. The number of aryl methyl sites for hydroxylation is 2. The lowest BCUT2D eigenvalue weighted by Gasteiger charge is -2.06. The van der Waals surface area contributed by atoms with Crippen molar-refractivity contribution in [1.29, 1.82) is 0 Å². The predicted molar refractivity (Wildman–Crippen MR) is 94.2 cm³/mol. The van der Waals surface area contributed by atoms with E-state index >= 15 is 0 Å². The van der Waals surface area contributed by atoms with Crippen molar-refractivity contribution in [3.63, 3.8) is 0 Å². The molecule has 7 heteroatoms. The Bertz CT molecular complexity index is 894. The molecule has 0 fully saturated rings. The lowest BCUT2D eigenvalue weighted by Crippen LogP contribution is -2.24. The van der Waals surface area contributed by atoms with Gasteiger partial charge in [-0.2, -0.15) is 5.10 Å². The Labute approximate surface area is 146 Å². The van der Waals surface area contributed by atoms with Crippen LogP contribution in [-0.2, 0) is 20.1 Å². The third-order valence-electron chi connectivity index (χ3n) is 4.46. The van der Waals surface area contributed by atoms with Crippen LogP contribution < -0.4 is 5.32 Å². The standard InChI is InChI=1S/C18H22N6O/c1-12-16(13(2)23(4)21-12)10-19-18(25)17-14(3)24(22-20-17)11-15-8-6-5-7-9-15/h5-9H,10-11H2,1-4H3,(H,19,25). The van der Waals surface area contributed by atoms with Crippen LogP contribution in [0.1, 0.15) is 38.7 Å². The van der Waals surface area contributed by atoms with Gasteiger partial charge in [0.1, 0.15) is 0 Å². The fourth-order valence-corrected chi connectivity index (χ4v) is 2.80. The monoisotopic (exact) mass is 338 g/mol. The molecule has 0 spiro atoms. The Balaban J connectivity index is 1.70. The average molecular weight is 338 g/mol. The van der Waals surface area contributed by atoms with E-state index in [1.54, 1.807) is 4.68 Å². The van der Waals surface area contributed by atoms with Crippen LogP contribution in [0.2, 0.25) is 0 Å². The highest BCUT2D eigenvalue weighted by Crippen LogP contribution is 2.12. The maximum atomic E-state index is 12.5. The maximum absolute atomic E-state index is 12.5. The van der Waals surface area contributed by atoms with Gasteiger partial charge in [0.2, 0.25) is 0 Å². The fourth-order valence-electron chi connectivity index (χ4n) is 2.80. The zero-order chi connectivity index (χ0) is 18.0. The number of benzene rings is 1. The summed E-state index contributed by atoms with van der Waals surface area (Å²) in [6.45, 7) is 6.81. The lowest BCUT2D eigenvalue weighted by atomic mass is 10.2. The molecule has 0 aliphatic carbocycles. The Kier molecular flexibility index (Phi) is 4.65. The summed E-state index contributed by atoms with van der Waals surface area (Å²) in [5.41, 5.74) is 5.22. The van der Waals surface area contributed by atoms with E-state index in [0.717, 1.165) is 28.2 Å². The Hall–Kier alpha value is -2.96. The normalized spacial score (nSPS) is 10.9. The van der Waals surface area contributed by atoms with Crippen LogP contribution in [0.5, 0.6) is 0 Å². The number of carbonyl (C=O) groups is 1. The minimum absolute atomic E-state index is 0.223. The molecule has 0 saturated carbocycles. The number of rotatable bonds is 5. The van der Waals surface area contributed by atoms with E-state index in [-0.39, 0.29) is 5.91 Å². The van der Waals surface area contributed by atoms with E-state index in [4.69, 9.17) is 0 Å². The molecule has 3 aromatic rings. The number of hydrogen-bond donors (Lipinski definition) is 1. The van der Waals surface area contributed by atoms with Crippen molar-refractivity contribution in [2.24, 2.45) is 7.05 Å². The third-order valence-corrected chi connectivity index (χ3v) is 4.46. The topological polar surface area (TPSA) is 77.6 Å². The minimum atomic E-state index is -0.223. The second-order valence-electron chi connectivity index (χ2n) is 6.12. The van der Waals surface area contributed by atoms with E-state index in [9.17, 15) is 4.79 Å². The summed E-state index contributed by atoms with van der Waals surface area (Å²) in [6, 6.07) is 9.98. The molecule has 2 heterocycles. The summed E-state index contributed by atoms with van der Waals surface area (Å²) in [7, 11) is 1.90. The zero-order valence-corrected chi connectivity index (χ0v) is 14.9. The SMILES string of the molecule is Cc1nn(C)c(C)c1CNC(=O)c1nnn(Cc2ccccc2)c1C. The van der Waals surface area contributed by atoms with Crippen LogP contribution in [0.4, 0.5) is 0 Å². The molecule has 1 amide bonds. The second-order valence-corrected chi connectivity index (χ2v) is 6.12. The second kappa shape index (κ2) is 6.88. The summed E-state index contributed by atoms with van der Waals surface area (Å²) in [5, 5.41) is 15.5. The van der Waals surface area contributed by atoms with Gasteiger partial charge in [0.25, 0.3) is 5.91 Å². The quantitative estimate of drug-likeness (QED) is 0.771. The van der Waals surface area contributed by atoms with Gasteiger partial charge in [-0.1, -0.05) is 35.5 Å². The number of amides is 1. The molecule has 25 heavy (non-hydrogen) atoms. The molecule has 130 valence electrons. The Morgan fingerprint density at radius 3 is 2.48 bits per heavy atom. The first-order valence-corrected chi connectivity index (χ1v) is 8.18. The molecule has 0 atom stereocenters. The molecule has 0 saturated heterocycles. The van der Waals surface area contributed by atoms with E-state index < -0.39 is 0 Å². The first-order chi connectivity index (χ1) is 12.0. The zero-order valence-electron chi connectivity index (χ0n) is 14.9. The Morgan fingerprint density at radius 2 is 1.84 bits per heavy atom. The van der Waals surface area contributed by atoms with Gasteiger partial charge in [0.15, 0.2) is 5.69 Å². The molecule has 1 aromatic carbocycles. The van der Waals surface area contributed by atoms with Gasteiger partial charge < -0.3 is 5.32 Å². The van der Waals surface area contributed by atoms with Crippen LogP contribution in [0.15, 0.2) is 30.3 Å². The first kappa shape index (κ1) is 16.9. The summed E-state index contributed by atoms with van der Waals surface area (Å²) >= 11 is 0. The van der Waals surface area contributed by atoms with Gasteiger partial charge in [-0.3, -0.25) is 9.48 Å². The van der Waals surface area contributed by atoms with Crippen molar-refractivity contribution in [3.8, 4) is 0 Å². The molecule has 0 bridgehead atoms. The molecular weight excluding hydrogens is 316 g/mol. The van der Waals surface area contributed by atoms with Crippen LogP contribution in [-0.4, -0.2) is 30.7 Å². The highest BCUT2D eigenvalue weighted by molar-refractivity contribution is 5.93. The van der Waals surface area contributed by atoms with Gasteiger partial charge in [-0.25, -0.2) is 4.68 Å². The molecule has 0 aliphatic rings. The van der Waals surface area contributed by atoms with Crippen LogP contribution in [0, 0.1) is 20.8 Å². The van der Waals surface area contributed by atoms with Crippen molar-refractivity contribution in [1.82, 2.24) is 30.1 Å². The summed E-state index contributed by atoms with van der Waals surface area (Å²) in [5.74, 6) is -0.223. The number of nitrogens with zero attached hydrogens (tertiary/aromatic N) is 5. The number of aromatic nitrogens is 5. The molecule has 7 nitrogen and oxygen atoms in total. The molecule has 0 aliphatic heterocycles. The maximum Gasteiger partial charge on any atom is 0.274 e. The first-order valence-electron chi connectivity index (χ1n) is 8.18. The molecular formula is C18H22N6O. The van der Waals surface area contributed by atoms with Crippen molar-refractivity contribution >= 4 is 5.91 Å². The molecule has 2 aromatic heterocycles. The molecule has 0 unspecified atom stereocenters. The van der Waals surface area contributed by atoms with Crippen molar-refractivity contribution in [2.45, 2.75) is 33.9 Å². The van der Waals surface area contributed by atoms with Gasteiger partial charge in [-0.15, -0.1) is 5.10 Å². The highest BCUT2D eigenvalue weighted by Gasteiger charge is 2.18. The van der Waals surface area contributed by atoms with E-state index in [0.29, 0.717) is 18.8 Å². The largest absolute Gasteiger partial charge is 0.346 e. The third kappa shape index (κ3) is 3.45. The van der Waals surface area contributed by atoms with E-state index in [1.807, 2.05) is 62.8 Å². The number of hydrogen-bond acceptors (Lipinski definition) is 4. The number of nitrogens with one attached hydrogen (secondary N) is 1. The van der Waals surface area contributed by atoms with Crippen LogP contribution in [0.3, 0.4) is 0 Å². The minimum Gasteiger partial charge on any atom is -0.346 e. The number of carbonyl (C=O) groups excluding carboxylic acids is 1. The van der Waals surface area contributed by atoms with Crippen molar-refractivity contribution in [3.05, 3.63) is 64.2 Å². The fraction of sp³-hybridized carbons (Fsp3) is 0.333. The summed E-state index contributed by atoms with van der Waals surface area (Å²) in [4.78, 5) is 12.5. The predicted octanol–water partition coefficient (Wildman–Crippen LogP) is 1.92. The van der Waals surface area contributed by atoms with E-state index in [2.05, 4.69) is 20.7 Å². The summed E-state index contributed by atoms with van der Waals surface area (Å²) < 4.78 is 3.56. The molecule has 0 radical (unpaired) electrons. The smallest absolute Gasteiger partial charge is 0.274 e. The van der Waals surface area contributed by atoms with E-state index in [1.165, 1.54) is 0 Å². The van der Waals surface area contributed by atoms with Gasteiger partial charge >= 0.3 is 0 Å². The lowest BCUT2D eigenvalue weighted by molar-refractivity contribution is 0.0945. The van der Waals surface area contributed by atoms with Crippen molar-refractivity contribution < 1.29 is 4.79 Å². The van der Waals surface area contributed by atoms with Gasteiger partial charge in [-0.05, 0) is 26.3 Å². The highest BCUT2D eigenvalue weighted by atomic mass is 16.2. The van der Waals surface area contributed by atoms with Crippen LogP contribution >= 0.6 is 0 Å². The molecule has 3 rings (SSSR count). The van der Waals surface area contributed by atoms with Gasteiger partial charge in [0.05, 0.1) is 17.9 Å². The average Bonchev–Trinajstić information content (AvgIpc) is 3.07. The molecule has 1 N–H and O–H groups in total. The Morgan fingerprint density at radius 1 is 1.12 bits per heavy atom. The van der Waals surface area contributed by atoms with Gasteiger partial charge in [0, 0.05) is 24.8 Å². The van der Waals surface area contributed by atoms with Crippen molar-refractivity contribution in [2.75, 3.05) is 0 Å².